The van der Waals surface area contributed by atoms with Gasteiger partial charge in [0.05, 0.1) is 5.92 Å². The van der Waals surface area contributed by atoms with E-state index in [4.69, 9.17) is 0 Å². The fraction of sp³-hybridized carbons (Fsp3) is 0.500. The molecule has 1 aromatic rings. The van der Waals surface area contributed by atoms with Gasteiger partial charge in [-0.3, -0.25) is 4.79 Å². The molecular formula is C14H18N2O2. The van der Waals surface area contributed by atoms with Crippen LogP contribution >= 0.6 is 0 Å². The van der Waals surface area contributed by atoms with Crippen molar-refractivity contribution in [2.24, 2.45) is 11.8 Å². The third-order valence-electron chi connectivity index (χ3n) is 4.24. The van der Waals surface area contributed by atoms with Crippen LogP contribution in [0.15, 0.2) is 24.3 Å². The van der Waals surface area contributed by atoms with Gasteiger partial charge in [0.1, 0.15) is 0 Å². The molecule has 3 rings (SSSR count). The van der Waals surface area contributed by atoms with Crippen LogP contribution in [0.5, 0.6) is 0 Å². The Morgan fingerprint density at radius 1 is 1.28 bits per heavy atom. The number of hydrogen-bond acceptors (Lipinski definition) is 3. The summed E-state index contributed by atoms with van der Waals surface area (Å²) in [6, 6.07) is 8.26. The van der Waals surface area contributed by atoms with Crippen LogP contribution in [0.3, 0.4) is 0 Å². The van der Waals surface area contributed by atoms with E-state index in [9.17, 15) is 9.90 Å². The summed E-state index contributed by atoms with van der Waals surface area (Å²) in [5.74, 6) is -0.363. The molecule has 0 saturated carbocycles. The van der Waals surface area contributed by atoms with E-state index in [1.165, 1.54) is 11.3 Å². The molecule has 3 atom stereocenters. The number of hydrogen-bond donors (Lipinski definition) is 3. The topological polar surface area (TPSA) is 61.4 Å². The Morgan fingerprint density at radius 3 is 2.94 bits per heavy atom. The maximum Gasteiger partial charge on any atom is 0.308 e. The van der Waals surface area contributed by atoms with Gasteiger partial charge in [-0.15, -0.1) is 0 Å². The minimum atomic E-state index is -0.670. The van der Waals surface area contributed by atoms with Gasteiger partial charge in [0.2, 0.25) is 0 Å². The van der Waals surface area contributed by atoms with Crippen LogP contribution in [0.2, 0.25) is 0 Å². The zero-order chi connectivity index (χ0) is 12.5. The molecule has 0 amide bonds. The van der Waals surface area contributed by atoms with Gasteiger partial charge in [-0.05, 0) is 30.5 Å². The number of fused-ring (bicyclic) bond motifs is 1. The van der Waals surface area contributed by atoms with E-state index in [1.807, 2.05) is 12.1 Å². The van der Waals surface area contributed by atoms with Gasteiger partial charge in [-0.1, -0.05) is 18.2 Å². The Hall–Kier alpha value is -1.55. The van der Waals surface area contributed by atoms with Crippen LogP contribution in [-0.4, -0.2) is 30.7 Å². The fourth-order valence-corrected chi connectivity index (χ4v) is 3.32. The van der Waals surface area contributed by atoms with Crippen molar-refractivity contribution in [1.82, 2.24) is 5.32 Å². The first-order chi connectivity index (χ1) is 8.77. The van der Waals surface area contributed by atoms with Crippen LogP contribution in [0.1, 0.15) is 17.9 Å². The van der Waals surface area contributed by atoms with Gasteiger partial charge in [-0.25, -0.2) is 0 Å². The lowest BCUT2D eigenvalue weighted by molar-refractivity contribution is -0.144. The van der Waals surface area contributed by atoms with E-state index in [1.54, 1.807) is 0 Å². The monoisotopic (exact) mass is 246 g/mol. The molecule has 1 fully saturated rings. The molecule has 3 N–H and O–H groups in total. The molecule has 0 radical (unpaired) electrons. The Labute approximate surface area is 106 Å². The Bertz CT molecular complexity index is 461. The number of para-hydroxylation sites is 1. The third kappa shape index (κ3) is 1.86. The van der Waals surface area contributed by atoms with E-state index >= 15 is 0 Å². The average Bonchev–Trinajstić information content (AvgIpc) is 2.82. The lowest BCUT2D eigenvalue weighted by atomic mass is 9.75. The predicted octanol–water partition coefficient (Wildman–Crippen LogP) is 1.51. The smallest absolute Gasteiger partial charge is 0.308 e. The Balaban J connectivity index is 1.88. The summed E-state index contributed by atoms with van der Waals surface area (Å²) < 4.78 is 0. The van der Waals surface area contributed by atoms with Crippen molar-refractivity contribution in [3.63, 3.8) is 0 Å². The number of rotatable bonds is 2. The maximum absolute atomic E-state index is 11.4. The van der Waals surface area contributed by atoms with Crippen molar-refractivity contribution in [1.29, 1.82) is 0 Å². The second kappa shape index (κ2) is 4.61. The van der Waals surface area contributed by atoms with E-state index in [0.29, 0.717) is 12.5 Å². The highest BCUT2D eigenvalue weighted by atomic mass is 16.4. The number of carbonyl (C=O) groups is 1. The van der Waals surface area contributed by atoms with E-state index in [0.717, 1.165) is 19.5 Å². The second-order valence-electron chi connectivity index (χ2n) is 5.18. The maximum atomic E-state index is 11.4. The lowest BCUT2D eigenvalue weighted by Gasteiger charge is -2.33. The number of anilines is 1. The molecule has 96 valence electrons. The Kier molecular flexibility index (Phi) is 2.96. The summed E-state index contributed by atoms with van der Waals surface area (Å²) in [4.78, 5) is 11.4. The van der Waals surface area contributed by atoms with Crippen LogP contribution in [0.25, 0.3) is 0 Å². The van der Waals surface area contributed by atoms with Crippen LogP contribution < -0.4 is 10.6 Å². The van der Waals surface area contributed by atoms with Gasteiger partial charge in [0.15, 0.2) is 0 Å². The zero-order valence-electron chi connectivity index (χ0n) is 10.2. The van der Waals surface area contributed by atoms with Crippen molar-refractivity contribution in [2.45, 2.75) is 12.3 Å². The number of carboxylic acids is 1. The predicted molar refractivity (Wildman–Crippen MR) is 69.8 cm³/mol. The standard InChI is InChI=1S/C14H18N2O2/c17-14(18)12-7-15-6-5-9(12)11-8-16-13-4-2-1-3-10(11)13/h1-4,9,11-12,15-16H,5-8H2,(H,17,18). The molecule has 2 heterocycles. The molecule has 18 heavy (non-hydrogen) atoms. The first-order valence-corrected chi connectivity index (χ1v) is 6.53. The summed E-state index contributed by atoms with van der Waals surface area (Å²) in [5.41, 5.74) is 2.46. The molecule has 1 aromatic carbocycles. The summed E-state index contributed by atoms with van der Waals surface area (Å²) in [5, 5.41) is 15.9. The quantitative estimate of drug-likeness (QED) is 0.740. The number of piperidine rings is 1. The number of aliphatic carboxylic acids is 1. The average molecular weight is 246 g/mol. The van der Waals surface area contributed by atoms with E-state index in [2.05, 4.69) is 22.8 Å². The van der Waals surface area contributed by atoms with Gasteiger partial charge >= 0.3 is 5.97 Å². The molecule has 2 aliphatic rings. The number of nitrogens with one attached hydrogen (secondary N) is 2. The molecule has 2 aliphatic heterocycles. The largest absolute Gasteiger partial charge is 0.481 e. The summed E-state index contributed by atoms with van der Waals surface area (Å²) >= 11 is 0. The minimum Gasteiger partial charge on any atom is -0.481 e. The SMILES string of the molecule is O=C(O)C1CNCCC1C1CNc2ccccc21. The van der Waals surface area contributed by atoms with Crippen LogP contribution in [-0.2, 0) is 4.79 Å². The minimum absolute atomic E-state index is 0.236. The zero-order valence-corrected chi connectivity index (χ0v) is 10.2. The number of carboxylic acid groups (broad SMARTS) is 1. The molecule has 3 unspecified atom stereocenters. The molecule has 0 aliphatic carbocycles. The summed E-state index contributed by atoms with van der Waals surface area (Å²) in [6.07, 6.45) is 0.942. The molecule has 0 bridgehead atoms. The summed E-state index contributed by atoms with van der Waals surface area (Å²) in [7, 11) is 0. The molecular weight excluding hydrogens is 228 g/mol. The molecule has 1 saturated heterocycles. The normalized spacial score (nSPS) is 30.6. The highest BCUT2D eigenvalue weighted by Gasteiger charge is 2.39. The van der Waals surface area contributed by atoms with Crippen molar-refractivity contribution < 1.29 is 9.90 Å². The highest BCUT2D eigenvalue weighted by Crippen LogP contribution is 2.41. The fourth-order valence-electron chi connectivity index (χ4n) is 3.32. The summed E-state index contributed by atoms with van der Waals surface area (Å²) in [6.45, 7) is 2.39. The van der Waals surface area contributed by atoms with Gasteiger partial charge < -0.3 is 15.7 Å². The van der Waals surface area contributed by atoms with Crippen LogP contribution in [0.4, 0.5) is 5.69 Å². The van der Waals surface area contributed by atoms with Gasteiger partial charge in [-0.2, -0.15) is 0 Å². The van der Waals surface area contributed by atoms with Crippen molar-refractivity contribution in [3.05, 3.63) is 29.8 Å². The van der Waals surface area contributed by atoms with Crippen LogP contribution in [0, 0.1) is 11.8 Å². The third-order valence-corrected chi connectivity index (χ3v) is 4.24. The van der Waals surface area contributed by atoms with E-state index in [-0.39, 0.29) is 11.8 Å². The van der Waals surface area contributed by atoms with Gasteiger partial charge in [0, 0.05) is 24.7 Å². The molecule has 0 aromatic heterocycles. The van der Waals surface area contributed by atoms with Crippen molar-refractivity contribution in [2.75, 3.05) is 25.0 Å². The van der Waals surface area contributed by atoms with Crippen molar-refractivity contribution in [3.8, 4) is 0 Å². The first kappa shape index (κ1) is 11.5. The molecule has 0 spiro atoms. The van der Waals surface area contributed by atoms with Gasteiger partial charge in [0.25, 0.3) is 0 Å². The molecule has 4 heteroatoms. The lowest BCUT2D eigenvalue weighted by Crippen LogP contribution is -2.43. The van der Waals surface area contributed by atoms with Crippen molar-refractivity contribution >= 4 is 11.7 Å². The van der Waals surface area contributed by atoms with E-state index < -0.39 is 5.97 Å². The molecule has 4 nitrogen and oxygen atoms in total. The highest BCUT2D eigenvalue weighted by molar-refractivity contribution is 5.71. The number of benzene rings is 1. The first-order valence-electron chi connectivity index (χ1n) is 6.53. The second-order valence-corrected chi connectivity index (χ2v) is 5.18. The Morgan fingerprint density at radius 2 is 2.11 bits per heavy atom.